The fourth-order valence-electron chi connectivity index (χ4n) is 2.75. The minimum absolute atomic E-state index is 0.0258. The molecule has 4 rings (SSSR count). The van der Waals surface area contributed by atoms with Gasteiger partial charge in [-0.2, -0.15) is 0 Å². The summed E-state index contributed by atoms with van der Waals surface area (Å²) in [5.74, 6) is 0.303. The fraction of sp³-hybridized carbons (Fsp3) is 0.0455. The van der Waals surface area contributed by atoms with Crippen LogP contribution in [0.2, 0.25) is 0 Å². The molecule has 0 atom stereocenters. The van der Waals surface area contributed by atoms with Crippen LogP contribution in [0.25, 0.3) is 16.3 Å². The molecule has 0 saturated carbocycles. The third-order valence-corrected chi connectivity index (χ3v) is 5.18. The van der Waals surface area contributed by atoms with Crippen LogP contribution in [0.3, 0.4) is 0 Å². The van der Waals surface area contributed by atoms with E-state index in [1.54, 1.807) is 48.7 Å². The molecule has 4 aromatic rings. The minimum Gasteiger partial charge on any atom is -0.465 e. The molecule has 0 unspecified atom stereocenters. The number of furan rings is 1. The summed E-state index contributed by atoms with van der Waals surface area (Å²) >= 11 is 1.43. The summed E-state index contributed by atoms with van der Waals surface area (Å²) in [6.45, 7) is 1.51. The van der Waals surface area contributed by atoms with Gasteiger partial charge in [-0.1, -0.05) is 23.5 Å². The number of nitrogens with zero attached hydrogens (tertiary/aromatic N) is 2. The van der Waals surface area contributed by atoms with Crippen molar-refractivity contribution in [2.24, 2.45) is 0 Å². The molecule has 5 nitrogen and oxygen atoms in total. The van der Waals surface area contributed by atoms with Crippen LogP contribution in [-0.2, 0) is 4.79 Å². The number of rotatable bonds is 5. The third kappa shape index (κ3) is 3.63. The van der Waals surface area contributed by atoms with Gasteiger partial charge in [-0.3, -0.25) is 14.5 Å². The summed E-state index contributed by atoms with van der Waals surface area (Å²) in [6, 6.07) is 18.2. The van der Waals surface area contributed by atoms with E-state index in [4.69, 9.17) is 4.42 Å². The lowest BCUT2D eigenvalue weighted by molar-refractivity contribution is -0.113. The smallest absolute Gasteiger partial charge is 0.257 e. The van der Waals surface area contributed by atoms with Crippen LogP contribution in [-0.4, -0.2) is 16.7 Å². The number of Topliss-reactive ketones (excluding diaryl/α,β-unsaturated/α-hetero) is 1. The molecule has 0 spiro atoms. The molecule has 2 aromatic heterocycles. The van der Waals surface area contributed by atoms with E-state index < -0.39 is 0 Å². The Morgan fingerprint density at radius 1 is 1.04 bits per heavy atom. The quantitative estimate of drug-likeness (QED) is 0.336. The number of thiazole rings is 1. The average Bonchev–Trinajstić information content (AvgIpc) is 3.36. The molecule has 0 fully saturated rings. The number of anilines is 2. The van der Waals surface area contributed by atoms with Gasteiger partial charge < -0.3 is 4.42 Å². The summed E-state index contributed by atoms with van der Waals surface area (Å²) < 4.78 is 6.25. The number of ketones is 1. The Labute approximate surface area is 165 Å². The molecule has 6 heteroatoms. The molecule has 138 valence electrons. The van der Waals surface area contributed by atoms with Gasteiger partial charge in [-0.25, -0.2) is 4.98 Å². The lowest BCUT2D eigenvalue weighted by Crippen LogP contribution is -2.23. The van der Waals surface area contributed by atoms with Crippen molar-refractivity contribution in [3.63, 3.8) is 0 Å². The second-order valence-electron chi connectivity index (χ2n) is 6.09. The van der Waals surface area contributed by atoms with Crippen LogP contribution < -0.4 is 4.90 Å². The van der Waals surface area contributed by atoms with Crippen LogP contribution in [0, 0.1) is 0 Å². The minimum atomic E-state index is -0.258. The Hall–Kier alpha value is -3.51. The first-order valence-electron chi connectivity index (χ1n) is 8.64. The van der Waals surface area contributed by atoms with Gasteiger partial charge in [-0.05, 0) is 61.5 Å². The van der Waals surface area contributed by atoms with E-state index >= 15 is 0 Å². The molecule has 1 amide bonds. The van der Waals surface area contributed by atoms with Crippen molar-refractivity contribution in [3.05, 3.63) is 84.3 Å². The van der Waals surface area contributed by atoms with Crippen molar-refractivity contribution in [3.8, 4) is 0 Å². The third-order valence-electron chi connectivity index (χ3n) is 4.16. The zero-order valence-corrected chi connectivity index (χ0v) is 15.8. The van der Waals surface area contributed by atoms with Gasteiger partial charge in [-0.15, -0.1) is 0 Å². The predicted octanol–water partition coefficient (Wildman–Crippen LogP) is 5.47. The Morgan fingerprint density at radius 2 is 1.82 bits per heavy atom. The van der Waals surface area contributed by atoms with E-state index in [0.29, 0.717) is 22.1 Å². The van der Waals surface area contributed by atoms with Gasteiger partial charge in [0.25, 0.3) is 5.91 Å². The van der Waals surface area contributed by atoms with Crippen molar-refractivity contribution < 1.29 is 14.0 Å². The Kier molecular flexibility index (Phi) is 4.87. The van der Waals surface area contributed by atoms with Crippen LogP contribution in [0.4, 0.5) is 10.8 Å². The van der Waals surface area contributed by atoms with E-state index in [2.05, 4.69) is 4.98 Å². The lowest BCUT2D eigenvalue weighted by Gasteiger charge is -2.18. The lowest BCUT2D eigenvalue weighted by atomic mass is 10.1. The topological polar surface area (TPSA) is 63.4 Å². The van der Waals surface area contributed by atoms with Crippen LogP contribution >= 0.6 is 11.3 Å². The van der Waals surface area contributed by atoms with Crippen LogP contribution in [0.15, 0.2) is 77.4 Å². The highest BCUT2D eigenvalue weighted by Crippen LogP contribution is 2.34. The monoisotopic (exact) mass is 388 g/mol. The Morgan fingerprint density at radius 3 is 2.50 bits per heavy atom. The van der Waals surface area contributed by atoms with Gasteiger partial charge in [0.2, 0.25) is 0 Å². The highest BCUT2D eigenvalue weighted by Gasteiger charge is 2.20. The van der Waals surface area contributed by atoms with E-state index in [1.165, 1.54) is 29.2 Å². The normalized spacial score (nSPS) is 11.2. The highest BCUT2D eigenvalue weighted by molar-refractivity contribution is 7.22. The summed E-state index contributed by atoms with van der Waals surface area (Å²) in [5, 5.41) is 0.561. The highest BCUT2D eigenvalue weighted by atomic mass is 32.1. The molecular weight excluding hydrogens is 372 g/mol. The molecule has 0 aliphatic rings. The number of hydrogen-bond acceptors (Lipinski definition) is 5. The van der Waals surface area contributed by atoms with Gasteiger partial charge in [0.1, 0.15) is 5.76 Å². The van der Waals surface area contributed by atoms with E-state index in [9.17, 15) is 9.59 Å². The number of carbonyl (C=O) groups excluding carboxylic acids is 2. The standard InChI is InChI=1S/C22H16N2O3S/c1-15(25)16-8-10-17(11-9-16)24(21(26)13-12-18-5-4-14-27-18)22-23-19-6-2-3-7-20(19)28-22/h2-14H,1H3/b13-12+. The zero-order chi connectivity index (χ0) is 19.5. The van der Waals surface area contributed by atoms with E-state index in [1.807, 2.05) is 24.3 Å². The molecule has 2 aromatic carbocycles. The maximum atomic E-state index is 13.0. The molecule has 0 bridgehead atoms. The van der Waals surface area contributed by atoms with Crippen LogP contribution in [0.5, 0.6) is 0 Å². The van der Waals surface area contributed by atoms with Crippen molar-refractivity contribution in [1.82, 2.24) is 4.98 Å². The number of fused-ring (bicyclic) bond motifs is 1. The molecule has 2 heterocycles. The SMILES string of the molecule is CC(=O)c1ccc(N(C(=O)/C=C/c2ccco2)c2nc3ccccc3s2)cc1. The van der Waals surface area contributed by atoms with Gasteiger partial charge >= 0.3 is 0 Å². The van der Waals surface area contributed by atoms with Gasteiger partial charge in [0.05, 0.1) is 22.2 Å². The molecule has 0 saturated heterocycles. The number of para-hydroxylation sites is 1. The molecule has 0 radical (unpaired) electrons. The first-order chi connectivity index (χ1) is 13.6. The molecule has 0 aliphatic carbocycles. The summed E-state index contributed by atoms with van der Waals surface area (Å²) in [7, 11) is 0. The predicted molar refractivity (Wildman–Crippen MR) is 111 cm³/mol. The molecule has 0 aliphatic heterocycles. The first-order valence-corrected chi connectivity index (χ1v) is 9.46. The number of hydrogen-bond donors (Lipinski definition) is 0. The largest absolute Gasteiger partial charge is 0.465 e. The maximum Gasteiger partial charge on any atom is 0.257 e. The summed E-state index contributed by atoms with van der Waals surface area (Å²) in [6.07, 6.45) is 4.62. The second kappa shape index (κ2) is 7.62. The second-order valence-corrected chi connectivity index (χ2v) is 7.10. The Balaban J connectivity index is 1.75. The fourth-order valence-corrected chi connectivity index (χ4v) is 3.74. The van der Waals surface area contributed by atoms with Gasteiger partial charge in [0.15, 0.2) is 10.9 Å². The summed E-state index contributed by atoms with van der Waals surface area (Å²) in [4.78, 5) is 30.7. The number of carbonyl (C=O) groups is 2. The zero-order valence-electron chi connectivity index (χ0n) is 15.0. The Bertz CT molecular complexity index is 1130. The van der Waals surface area contributed by atoms with E-state index in [0.717, 1.165) is 10.2 Å². The number of aromatic nitrogens is 1. The molecular formula is C22H16N2O3S. The summed E-state index contributed by atoms with van der Waals surface area (Å²) in [5.41, 5.74) is 2.06. The van der Waals surface area contributed by atoms with Crippen molar-refractivity contribution >= 4 is 50.1 Å². The molecule has 28 heavy (non-hydrogen) atoms. The van der Waals surface area contributed by atoms with E-state index in [-0.39, 0.29) is 11.7 Å². The maximum absolute atomic E-state index is 13.0. The van der Waals surface area contributed by atoms with Crippen molar-refractivity contribution in [2.45, 2.75) is 6.92 Å². The average molecular weight is 388 g/mol. The van der Waals surface area contributed by atoms with Gasteiger partial charge in [0, 0.05) is 11.6 Å². The van der Waals surface area contributed by atoms with Crippen molar-refractivity contribution in [1.29, 1.82) is 0 Å². The molecule has 0 N–H and O–H groups in total. The first kappa shape index (κ1) is 17.9. The number of benzene rings is 2. The number of amides is 1. The van der Waals surface area contributed by atoms with Crippen LogP contribution in [0.1, 0.15) is 23.0 Å². The van der Waals surface area contributed by atoms with Crippen molar-refractivity contribution in [2.75, 3.05) is 4.90 Å².